The van der Waals surface area contributed by atoms with Gasteiger partial charge in [-0.1, -0.05) is 24.3 Å². The second-order valence-corrected chi connectivity index (χ2v) is 5.18. The molecule has 2 fully saturated rings. The van der Waals surface area contributed by atoms with Crippen LogP contribution in [-0.4, -0.2) is 25.8 Å². The molecule has 86 valence electrons. The fraction of sp³-hybridized carbons (Fsp3) is 0.571. The van der Waals surface area contributed by atoms with Gasteiger partial charge in [-0.05, 0) is 29.9 Å². The van der Waals surface area contributed by atoms with E-state index in [1.807, 2.05) is 7.11 Å². The molecule has 1 aliphatic heterocycles. The van der Waals surface area contributed by atoms with Crippen LogP contribution in [0.3, 0.4) is 0 Å². The molecule has 2 nitrogen and oxygen atoms in total. The lowest BCUT2D eigenvalue weighted by Gasteiger charge is -2.41. The van der Waals surface area contributed by atoms with Gasteiger partial charge in [0, 0.05) is 26.6 Å². The van der Waals surface area contributed by atoms with Crippen LogP contribution in [0.25, 0.3) is 0 Å². The van der Waals surface area contributed by atoms with Crippen molar-refractivity contribution in [2.45, 2.75) is 30.8 Å². The van der Waals surface area contributed by atoms with Gasteiger partial charge in [-0.3, -0.25) is 0 Å². The Balaban J connectivity index is 1.69. The molecule has 1 aliphatic carbocycles. The zero-order chi connectivity index (χ0) is 11.0. The predicted molar refractivity (Wildman–Crippen MR) is 64.7 cm³/mol. The second kappa shape index (κ2) is 3.86. The molecule has 0 bridgehead atoms. The molecule has 1 N–H and O–H groups in total. The molecule has 0 aromatic heterocycles. The standard InChI is InChI=1S/C14H19NO/c1-16-14(9-15-10-14)8-11-2-4-12(5-3-11)13-6-7-13/h2-5,13,15H,6-10H2,1H3. The van der Waals surface area contributed by atoms with E-state index in [-0.39, 0.29) is 5.60 Å². The molecule has 2 aliphatic rings. The van der Waals surface area contributed by atoms with Gasteiger partial charge >= 0.3 is 0 Å². The van der Waals surface area contributed by atoms with Crippen molar-refractivity contribution in [3.8, 4) is 0 Å². The minimum atomic E-state index is 0.0566. The number of rotatable bonds is 4. The monoisotopic (exact) mass is 217 g/mol. The molecule has 0 unspecified atom stereocenters. The van der Waals surface area contributed by atoms with Crippen molar-refractivity contribution in [3.05, 3.63) is 35.4 Å². The molecule has 0 amide bonds. The van der Waals surface area contributed by atoms with Gasteiger partial charge in [0.2, 0.25) is 0 Å². The fourth-order valence-corrected chi connectivity index (χ4v) is 2.44. The van der Waals surface area contributed by atoms with Crippen molar-refractivity contribution >= 4 is 0 Å². The first kappa shape index (κ1) is 10.3. The predicted octanol–water partition coefficient (Wildman–Crippen LogP) is 2.09. The molecule has 0 radical (unpaired) electrons. The van der Waals surface area contributed by atoms with Gasteiger partial charge in [0.25, 0.3) is 0 Å². The first-order chi connectivity index (χ1) is 7.81. The molecule has 3 rings (SSSR count). The summed E-state index contributed by atoms with van der Waals surface area (Å²) in [5, 5.41) is 3.29. The number of hydrogen-bond donors (Lipinski definition) is 1. The van der Waals surface area contributed by atoms with Gasteiger partial charge < -0.3 is 10.1 Å². The van der Waals surface area contributed by atoms with Crippen LogP contribution in [0, 0.1) is 0 Å². The van der Waals surface area contributed by atoms with E-state index in [2.05, 4.69) is 29.6 Å². The third-order valence-corrected chi connectivity index (χ3v) is 3.88. The van der Waals surface area contributed by atoms with E-state index >= 15 is 0 Å². The van der Waals surface area contributed by atoms with Crippen molar-refractivity contribution in [1.29, 1.82) is 0 Å². The Morgan fingerprint density at radius 1 is 1.25 bits per heavy atom. The zero-order valence-electron chi connectivity index (χ0n) is 9.83. The van der Waals surface area contributed by atoms with E-state index in [1.54, 1.807) is 0 Å². The van der Waals surface area contributed by atoms with E-state index < -0.39 is 0 Å². The van der Waals surface area contributed by atoms with Crippen LogP contribution in [0.15, 0.2) is 24.3 Å². The van der Waals surface area contributed by atoms with Crippen LogP contribution in [0.5, 0.6) is 0 Å². The quantitative estimate of drug-likeness (QED) is 0.834. The summed E-state index contributed by atoms with van der Waals surface area (Å²) in [5.41, 5.74) is 2.97. The molecule has 1 aromatic carbocycles. The van der Waals surface area contributed by atoms with Crippen LogP contribution < -0.4 is 5.32 Å². The molecule has 1 saturated carbocycles. The molecule has 1 heterocycles. The Morgan fingerprint density at radius 3 is 2.38 bits per heavy atom. The van der Waals surface area contributed by atoms with E-state index in [9.17, 15) is 0 Å². The molecule has 0 atom stereocenters. The second-order valence-electron chi connectivity index (χ2n) is 5.18. The third kappa shape index (κ3) is 1.87. The number of benzene rings is 1. The van der Waals surface area contributed by atoms with Gasteiger partial charge in [-0.15, -0.1) is 0 Å². The van der Waals surface area contributed by atoms with Crippen molar-refractivity contribution in [2.75, 3.05) is 20.2 Å². The van der Waals surface area contributed by atoms with Crippen LogP contribution in [0.2, 0.25) is 0 Å². The van der Waals surface area contributed by atoms with E-state index in [4.69, 9.17) is 4.74 Å². The smallest absolute Gasteiger partial charge is 0.0966 e. The topological polar surface area (TPSA) is 21.3 Å². The fourth-order valence-electron chi connectivity index (χ4n) is 2.44. The minimum Gasteiger partial charge on any atom is -0.375 e. The van der Waals surface area contributed by atoms with Gasteiger partial charge in [0.15, 0.2) is 0 Å². The van der Waals surface area contributed by atoms with Crippen LogP contribution >= 0.6 is 0 Å². The maximum atomic E-state index is 5.61. The van der Waals surface area contributed by atoms with E-state index in [0.717, 1.165) is 25.4 Å². The Hall–Kier alpha value is -0.860. The lowest BCUT2D eigenvalue weighted by Crippen LogP contribution is -2.61. The number of hydrogen-bond acceptors (Lipinski definition) is 2. The van der Waals surface area contributed by atoms with Crippen molar-refractivity contribution in [2.24, 2.45) is 0 Å². The summed E-state index contributed by atoms with van der Waals surface area (Å²) >= 11 is 0. The van der Waals surface area contributed by atoms with Crippen molar-refractivity contribution in [3.63, 3.8) is 0 Å². The SMILES string of the molecule is COC1(Cc2ccc(C3CC3)cc2)CNC1. The van der Waals surface area contributed by atoms with Crippen LogP contribution in [0.1, 0.15) is 29.9 Å². The highest BCUT2D eigenvalue weighted by Gasteiger charge is 2.36. The van der Waals surface area contributed by atoms with E-state index in [1.165, 1.54) is 24.0 Å². The lowest BCUT2D eigenvalue weighted by molar-refractivity contribution is -0.0502. The third-order valence-electron chi connectivity index (χ3n) is 3.88. The van der Waals surface area contributed by atoms with Crippen LogP contribution in [-0.2, 0) is 11.2 Å². The van der Waals surface area contributed by atoms with Crippen LogP contribution in [0.4, 0.5) is 0 Å². The zero-order valence-corrected chi connectivity index (χ0v) is 9.83. The normalized spacial score (nSPS) is 22.8. The molecule has 1 aromatic rings. The summed E-state index contributed by atoms with van der Waals surface area (Å²) in [4.78, 5) is 0. The van der Waals surface area contributed by atoms with Crippen molar-refractivity contribution < 1.29 is 4.74 Å². The number of nitrogens with one attached hydrogen (secondary N) is 1. The molecular weight excluding hydrogens is 198 g/mol. The first-order valence-electron chi connectivity index (χ1n) is 6.16. The maximum Gasteiger partial charge on any atom is 0.0966 e. The molecule has 16 heavy (non-hydrogen) atoms. The highest BCUT2D eigenvalue weighted by molar-refractivity contribution is 5.29. The Kier molecular flexibility index (Phi) is 2.49. The highest BCUT2D eigenvalue weighted by Crippen LogP contribution is 2.40. The summed E-state index contributed by atoms with van der Waals surface area (Å²) < 4.78 is 5.61. The minimum absolute atomic E-state index is 0.0566. The highest BCUT2D eigenvalue weighted by atomic mass is 16.5. The van der Waals surface area contributed by atoms with Gasteiger partial charge in [0.1, 0.15) is 0 Å². The Bertz CT molecular complexity index is 357. The average Bonchev–Trinajstić information content (AvgIpc) is 3.08. The Morgan fingerprint density at radius 2 is 1.94 bits per heavy atom. The van der Waals surface area contributed by atoms with Gasteiger partial charge in [-0.25, -0.2) is 0 Å². The average molecular weight is 217 g/mol. The molecule has 0 spiro atoms. The maximum absolute atomic E-state index is 5.61. The van der Waals surface area contributed by atoms with Gasteiger partial charge in [0.05, 0.1) is 5.60 Å². The number of ether oxygens (including phenoxy) is 1. The van der Waals surface area contributed by atoms with Gasteiger partial charge in [-0.2, -0.15) is 0 Å². The summed E-state index contributed by atoms with van der Waals surface area (Å²) in [6, 6.07) is 9.13. The Labute approximate surface area is 97.0 Å². The molecular formula is C14H19NO. The summed E-state index contributed by atoms with van der Waals surface area (Å²) in [5.74, 6) is 0.857. The lowest BCUT2D eigenvalue weighted by atomic mass is 9.88. The van der Waals surface area contributed by atoms with Crippen molar-refractivity contribution in [1.82, 2.24) is 5.32 Å². The summed E-state index contributed by atoms with van der Waals surface area (Å²) in [7, 11) is 1.82. The van der Waals surface area contributed by atoms with E-state index in [0.29, 0.717) is 0 Å². The largest absolute Gasteiger partial charge is 0.375 e. The molecule has 2 heteroatoms. The first-order valence-corrected chi connectivity index (χ1v) is 6.16. The summed E-state index contributed by atoms with van der Waals surface area (Å²) in [6.45, 7) is 1.96. The number of methoxy groups -OCH3 is 1. The summed E-state index contributed by atoms with van der Waals surface area (Å²) in [6.07, 6.45) is 3.79. The molecule has 1 saturated heterocycles.